The first-order chi connectivity index (χ1) is 11.5. The van der Waals surface area contributed by atoms with Crippen LogP contribution in [0.3, 0.4) is 0 Å². The smallest absolute Gasteiger partial charge is 0.238 e. The molecule has 5 nitrogen and oxygen atoms in total. The standard InChI is InChI=1S/C19H27N3O2/c1-13-3-4-14(2)17(11-13)21-19(24)12-22(16-7-8-16)10-9-18(23)20-15-5-6-15/h3-4,11,15-16H,5-10,12H2,1-2H3,(H,20,23)(H,21,24). The fourth-order valence-electron chi connectivity index (χ4n) is 2.85. The summed E-state index contributed by atoms with van der Waals surface area (Å²) in [6.07, 6.45) is 4.94. The van der Waals surface area contributed by atoms with Crippen molar-refractivity contribution in [2.75, 3.05) is 18.4 Å². The summed E-state index contributed by atoms with van der Waals surface area (Å²) in [4.78, 5) is 26.4. The van der Waals surface area contributed by atoms with Crippen LogP contribution in [0.2, 0.25) is 0 Å². The normalized spacial score (nSPS) is 17.0. The van der Waals surface area contributed by atoms with Crippen molar-refractivity contribution in [2.24, 2.45) is 0 Å². The fourth-order valence-corrected chi connectivity index (χ4v) is 2.85. The van der Waals surface area contributed by atoms with E-state index in [9.17, 15) is 9.59 Å². The highest BCUT2D eigenvalue weighted by Crippen LogP contribution is 2.27. The number of nitrogens with zero attached hydrogens (tertiary/aromatic N) is 1. The molecular weight excluding hydrogens is 302 g/mol. The average molecular weight is 329 g/mol. The molecule has 0 heterocycles. The number of aryl methyl sites for hydroxylation is 2. The number of nitrogens with one attached hydrogen (secondary N) is 2. The third-order valence-electron chi connectivity index (χ3n) is 4.65. The largest absolute Gasteiger partial charge is 0.353 e. The molecule has 0 unspecified atom stereocenters. The summed E-state index contributed by atoms with van der Waals surface area (Å²) < 4.78 is 0. The third kappa shape index (κ3) is 5.06. The second kappa shape index (κ2) is 7.34. The zero-order valence-electron chi connectivity index (χ0n) is 14.6. The van der Waals surface area contributed by atoms with Gasteiger partial charge in [-0.15, -0.1) is 0 Å². The minimum atomic E-state index is -0.00167. The Labute approximate surface area is 143 Å². The Balaban J connectivity index is 1.50. The van der Waals surface area contributed by atoms with Crippen molar-refractivity contribution in [3.05, 3.63) is 29.3 Å². The van der Waals surface area contributed by atoms with Crippen LogP contribution in [0.4, 0.5) is 5.69 Å². The molecule has 2 aliphatic rings. The van der Waals surface area contributed by atoms with E-state index < -0.39 is 0 Å². The minimum Gasteiger partial charge on any atom is -0.353 e. The highest BCUT2D eigenvalue weighted by molar-refractivity contribution is 5.93. The van der Waals surface area contributed by atoms with Gasteiger partial charge in [0.15, 0.2) is 0 Å². The highest BCUT2D eigenvalue weighted by Gasteiger charge is 2.31. The van der Waals surface area contributed by atoms with Crippen molar-refractivity contribution in [2.45, 2.75) is 58.0 Å². The quantitative estimate of drug-likeness (QED) is 0.770. The maximum atomic E-state index is 12.4. The molecule has 2 saturated carbocycles. The van der Waals surface area contributed by atoms with Crippen LogP contribution in [0.1, 0.15) is 43.2 Å². The lowest BCUT2D eigenvalue weighted by Gasteiger charge is -2.21. The van der Waals surface area contributed by atoms with Gasteiger partial charge in [-0.3, -0.25) is 14.5 Å². The second-order valence-corrected chi connectivity index (χ2v) is 7.16. The lowest BCUT2D eigenvalue weighted by molar-refractivity contribution is -0.122. The van der Waals surface area contributed by atoms with Gasteiger partial charge in [-0.1, -0.05) is 12.1 Å². The molecule has 5 heteroatoms. The van der Waals surface area contributed by atoms with Crippen molar-refractivity contribution in [3.63, 3.8) is 0 Å². The molecule has 0 atom stereocenters. The molecule has 1 aromatic rings. The number of amides is 2. The van der Waals surface area contributed by atoms with Gasteiger partial charge in [0, 0.05) is 30.7 Å². The number of carbonyl (C=O) groups excluding carboxylic acids is 2. The Bertz CT molecular complexity index is 621. The number of hydrogen-bond acceptors (Lipinski definition) is 3. The van der Waals surface area contributed by atoms with Gasteiger partial charge in [0.1, 0.15) is 0 Å². The molecule has 1 aromatic carbocycles. The Hall–Kier alpha value is -1.88. The van der Waals surface area contributed by atoms with E-state index in [4.69, 9.17) is 0 Å². The predicted octanol–water partition coefficient (Wildman–Crippen LogP) is 2.38. The number of benzene rings is 1. The molecule has 130 valence electrons. The zero-order chi connectivity index (χ0) is 17.1. The summed E-state index contributed by atoms with van der Waals surface area (Å²) in [5.41, 5.74) is 3.07. The lowest BCUT2D eigenvalue weighted by atomic mass is 10.1. The van der Waals surface area contributed by atoms with Gasteiger partial charge in [-0.05, 0) is 56.7 Å². The van der Waals surface area contributed by atoms with Gasteiger partial charge in [0.25, 0.3) is 0 Å². The molecule has 3 rings (SSSR count). The SMILES string of the molecule is Cc1ccc(C)c(NC(=O)CN(CCC(=O)NC2CC2)C2CC2)c1. The van der Waals surface area contributed by atoms with E-state index in [1.54, 1.807) is 0 Å². The molecule has 24 heavy (non-hydrogen) atoms. The third-order valence-corrected chi connectivity index (χ3v) is 4.65. The summed E-state index contributed by atoms with van der Waals surface area (Å²) >= 11 is 0. The number of rotatable bonds is 8. The topological polar surface area (TPSA) is 61.4 Å². The van der Waals surface area contributed by atoms with Gasteiger partial charge in [-0.2, -0.15) is 0 Å². The first-order valence-electron chi connectivity index (χ1n) is 8.92. The van der Waals surface area contributed by atoms with E-state index in [0.717, 1.165) is 42.5 Å². The Morgan fingerprint density at radius 1 is 1.12 bits per heavy atom. The predicted molar refractivity (Wildman–Crippen MR) is 94.9 cm³/mol. The number of hydrogen-bond donors (Lipinski definition) is 2. The molecule has 0 bridgehead atoms. The molecule has 0 aromatic heterocycles. The summed E-state index contributed by atoms with van der Waals surface area (Å²) in [6.45, 7) is 5.03. The van der Waals surface area contributed by atoms with E-state index >= 15 is 0 Å². The Morgan fingerprint density at radius 2 is 1.88 bits per heavy atom. The van der Waals surface area contributed by atoms with Gasteiger partial charge >= 0.3 is 0 Å². The van der Waals surface area contributed by atoms with Gasteiger partial charge < -0.3 is 10.6 Å². The van der Waals surface area contributed by atoms with Gasteiger partial charge in [0.2, 0.25) is 11.8 Å². The van der Waals surface area contributed by atoms with Crippen LogP contribution >= 0.6 is 0 Å². The van der Waals surface area contributed by atoms with Crippen molar-refractivity contribution in [3.8, 4) is 0 Å². The summed E-state index contributed by atoms with van der Waals surface area (Å²) in [6, 6.07) is 6.92. The van der Waals surface area contributed by atoms with Crippen molar-refractivity contribution >= 4 is 17.5 Å². The highest BCUT2D eigenvalue weighted by atomic mass is 16.2. The molecule has 0 aliphatic heterocycles. The van der Waals surface area contributed by atoms with Gasteiger partial charge in [0.05, 0.1) is 6.54 Å². The molecule has 2 aliphatic carbocycles. The van der Waals surface area contributed by atoms with E-state index in [-0.39, 0.29) is 11.8 Å². The number of carbonyl (C=O) groups is 2. The van der Waals surface area contributed by atoms with Crippen LogP contribution in [0.15, 0.2) is 18.2 Å². The molecule has 2 amide bonds. The van der Waals surface area contributed by atoms with Crippen molar-refractivity contribution < 1.29 is 9.59 Å². The van der Waals surface area contributed by atoms with Crippen LogP contribution in [0.25, 0.3) is 0 Å². The molecule has 0 saturated heterocycles. The summed E-state index contributed by atoms with van der Waals surface area (Å²) in [5, 5.41) is 6.02. The van der Waals surface area contributed by atoms with E-state index in [0.29, 0.717) is 31.6 Å². The van der Waals surface area contributed by atoms with E-state index in [1.165, 1.54) is 0 Å². The minimum absolute atomic E-state index is 0.00167. The first kappa shape index (κ1) is 17.0. The van der Waals surface area contributed by atoms with Crippen LogP contribution in [-0.4, -0.2) is 41.9 Å². The molecule has 2 fully saturated rings. The number of anilines is 1. The fraction of sp³-hybridized carbons (Fsp3) is 0.579. The summed E-state index contributed by atoms with van der Waals surface area (Å²) in [5.74, 6) is 0.108. The monoisotopic (exact) mass is 329 g/mol. The van der Waals surface area contributed by atoms with Crippen LogP contribution < -0.4 is 10.6 Å². The second-order valence-electron chi connectivity index (χ2n) is 7.16. The Kier molecular flexibility index (Phi) is 5.19. The molecular formula is C19H27N3O2. The van der Waals surface area contributed by atoms with Crippen molar-refractivity contribution in [1.82, 2.24) is 10.2 Å². The average Bonchev–Trinajstić information content (AvgIpc) is 3.40. The zero-order valence-corrected chi connectivity index (χ0v) is 14.6. The lowest BCUT2D eigenvalue weighted by Crippen LogP contribution is -2.38. The summed E-state index contributed by atoms with van der Waals surface area (Å²) in [7, 11) is 0. The van der Waals surface area contributed by atoms with Crippen LogP contribution in [0.5, 0.6) is 0 Å². The van der Waals surface area contributed by atoms with Crippen LogP contribution in [-0.2, 0) is 9.59 Å². The molecule has 0 spiro atoms. The molecule has 2 N–H and O–H groups in total. The maximum absolute atomic E-state index is 12.4. The van der Waals surface area contributed by atoms with Gasteiger partial charge in [-0.25, -0.2) is 0 Å². The first-order valence-corrected chi connectivity index (χ1v) is 8.92. The Morgan fingerprint density at radius 3 is 2.54 bits per heavy atom. The van der Waals surface area contributed by atoms with E-state index in [2.05, 4.69) is 15.5 Å². The van der Waals surface area contributed by atoms with Crippen LogP contribution in [0, 0.1) is 13.8 Å². The van der Waals surface area contributed by atoms with Crippen molar-refractivity contribution in [1.29, 1.82) is 0 Å². The maximum Gasteiger partial charge on any atom is 0.238 e. The molecule has 0 radical (unpaired) electrons. The van der Waals surface area contributed by atoms with E-state index in [1.807, 2.05) is 32.0 Å².